The maximum Gasteiger partial charge on any atom is 0.398 e. The third kappa shape index (κ3) is 4.38. The van der Waals surface area contributed by atoms with Gasteiger partial charge in [0.05, 0.1) is 11.7 Å². The van der Waals surface area contributed by atoms with Gasteiger partial charge in [-0.2, -0.15) is 13.2 Å². The highest BCUT2D eigenvalue weighted by molar-refractivity contribution is 8.03. The Morgan fingerprint density at radius 1 is 1.55 bits per heavy atom. The molecule has 0 aromatic rings. The fraction of sp³-hybridized carbons (Fsp3) is 0.615. The highest BCUT2D eigenvalue weighted by Crippen LogP contribution is 2.51. The highest BCUT2D eigenvalue weighted by Gasteiger charge is 2.56. The van der Waals surface area contributed by atoms with E-state index in [2.05, 4.69) is 4.99 Å². The topological polar surface area (TPSA) is 38.4 Å². The molecule has 0 aliphatic heterocycles. The summed E-state index contributed by atoms with van der Waals surface area (Å²) in [5.41, 5.74) is 6.03. The second-order valence-electron chi connectivity index (χ2n) is 5.33. The predicted molar refractivity (Wildman–Crippen MR) is 78.2 cm³/mol. The highest BCUT2D eigenvalue weighted by atomic mass is 35.5. The molecule has 0 aromatic heterocycles. The summed E-state index contributed by atoms with van der Waals surface area (Å²) in [6, 6.07) is -1.02. The zero-order chi connectivity index (χ0) is 16.7. The smallest absolute Gasteiger partial charge is 0.387 e. The molecule has 0 aromatic carbocycles. The molecular weight excluding hydrogens is 347 g/mol. The van der Waals surface area contributed by atoms with Gasteiger partial charge in [0.2, 0.25) is 0 Å². The minimum Gasteiger partial charge on any atom is -0.387 e. The number of nitrogens with two attached hydrogens (primary N) is 1. The zero-order valence-electron chi connectivity index (χ0n) is 11.6. The van der Waals surface area contributed by atoms with Crippen molar-refractivity contribution in [2.24, 2.45) is 16.6 Å². The van der Waals surface area contributed by atoms with E-state index in [0.717, 1.165) is 6.08 Å². The van der Waals surface area contributed by atoms with Crippen LogP contribution in [0.25, 0.3) is 0 Å². The molecule has 3 unspecified atom stereocenters. The van der Waals surface area contributed by atoms with Gasteiger partial charge in [0, 0.05) is 12.8 Å². The molecule has 2 aliphatic rings. The van der Waals surface area contributed by atoms with Crippen LogP contribution in [0.3, 0.4) is 0 Å². The van der Waals surface area contributed by atoms with E-state index in [1.807, 2.05) is 0 Å². The first-order chi connectivity index (χ1) is 9.99. The van der Waals surface area contributed by atoms with Crippen LogP contribution in [0.4, 0.5) is 22.0 Å². The Bertz CT molecular complexity index is 553. The molecular formula is C13H14ClF5N2S. The molecule has 0 bridgehead atoms. The van der Waals surface area contributed by atoms with Gasteiger partial charge in [-0.3, -0.25) is 4.99 Å². The lowest BCUT2D eigenvalue weighted by molar-refractivity contribution is -0.105. The molecule has 2 rings (SSSR count). The van der Waals surface area contributed by atoms with E-state index in [0.29, 0.717) is 22.2 Å². The number of allylic oxidation sites excluding steroid dienone is 2. The summed E-state index contributed by atoms with van der Waals surface area (Å²) in [7, 11) is 0. The lowest BCUT2D eigenvalue weighted by Gasteiger charge is -2.21. The summed E-state index contributed by atoms with van der Waals surface area (Å²) >= 11 is 6.04. The van der Waals surface area contributed by atoms with Gasteiger partial charge in [-0.1, -0.05) is 11.6 Å². The molecule has 2 N–H and O–H groups in total. The molecule has 0 amide bonds. The number of hydrogen-bond acceptors (Lipinski definition) is 2. The Morgan fingerprint density at radius 3 is 2.64 bits per heavy atom. The minimum atomic E-state index is -4.31. The normalized spacial score (nSPS) is 33.0. The molecule has 0 heterocycles. The van der Waals surface area contributed by atoms with Crippen molar-refractivity contribution in [2.45, 2.75) is 37.1 Å². The van der Waals surface area contributed by atoms with E-state index >= 15 is 0 Å². The summed E-state index contributed by atoms with van der Waals surface area (Å²) in [4.78, 5) is 4.30. The van der Waals surface area contributed by atoms with E-state index in [1.165, 1.54) is 6.92 Å². The largest absolute Gasteiger partial charge is 0.398 e. The van der Waals surface area contributed by atoms with Gasteiger partial charge in [0.1, 0.15) is 17.7 Å². The summed E-state index contributed by atoms with van der Waals surface area (Å²) < 4.78 is 64.1. The fourth-order valence-corrected chi connectivity index (χ4v) is 3.24. The van der Waals surface area contributed by atoms with Gasteiger partial charge in [-0.25, -0.2) is 8.78 Å². The standard InChI is InChI=1S/C13H14ClF5N2S/c1-6-2-8(15)9(3-10(6)22-5-13(17,18)19)21-11(20)7-4-12(7,14)16/h2,7,9H,3-5H2,1H3,(H2,20,21). The van der Waals surface area contributed by atoms with Crippen LogP contribution < -0.4 is 5.73 Å². The molecule has 0 radical (unpaired) electrons. The van der Waals surface area contributed by atoms with Crippen molar-refractivity contribution in [3.05, 3.63) is 22.4 Å². The van der Waals surface area contributed by atoms with E-state index < -0.39 is 34.8 Å². The van der Waals surface area contributed by atoms with Crippen molar-refractivity contribution in [1.82, 2.24) is 0 Å². The van der Waals surface area contributed by atoms with Crippen LogP contribution in [0.15, 0.2) is 27.4 Å². The summed E-state index contributed by atoms with van der Waals surface area (Å²) in [5.74, 6) is -2.53. The van der Waals surface area contributed by atoms with Crippen LogP contribution in [0.5, 0.6) is 0 Å². The number of thioether (sulfide) groups is 1. The van der Waals surface area contributed by atoms with Crippen molar-refractivity contribution < 1.29 is 22.0 Å². The first-order valence-corrected chi connectivity index (χ1v) is 7.83. The molecule has 2 aliphatic carbocycles. The quantitative estimate of drug-likeness (QED) is 0.348. The number of amidine groups is 1. The van der Waals surface area contributed by atoms with Gasteiger partial charge in [0.15, 0.2) is 5.13 Å². The van der Waals surface area contributed by atoms with Gasteiger partial charge < -0.3 is 5.73 Å². The van der Waals surface area contributed by atoms with E-state index in [9.17, 15) is 22.0 Å². The Balaban J connectivity index is 2.07. The number of nitrogens with zero attached hydrogens (tertiary/aromatic N) is 1. The van der Waals surface area contributed by atoms with Gasteiger partial charge in [-0.05, 0) is 23.5 Å². The first kappa shape index (κ1) is 17.6. The van der Waals surface area contributed by atoms with Gasteiger partial charge >= 0.3 is 6.18 Å². The molecule has 1 saturated carbocycles. The second kappa shape index (κ2) is 6.03. The van der Waals surface area contributed by atoms with Crippen molar-refractivity contribution in [1.29, 1.82) is 0 Å². The van der Waals surface area contributed by atoms with Crippen LogP contribution in [0.2, 0.25) is 0 Å². The van der Waals surface area contributed by atoms with E-state index in [1.54, 1.807) is 0 Å². The maximum absolute atomic E-state index is 13.9. The van der Waals surface area contributed by atoms with Crippen LogP contribution in [-0.2, 0) is 0 Å². The Morgan fingerprint density at radius 2 is 2.14 bits per heavy atom. The Hall–Kier alpha value is -0.760. The van der Waals surface area contributed by atoms with Crippen LogP contribution in [0, 0.1) is 5.92 Å². The lowest BCUT2D eigenvalue weighted by Crippen LogP contribution is -2.23. The maximum atomic E-state index is 13.9. The third-order valence-corrected chi connectivity index (χ3v) is 5.12. The number of halogens is 6. The van der Waals surface area contributed by atoms with Crippen molar-refractivity contribution >= 4 is 29.2 Å². The van der Waals surface area contributed by atoms with Gasteiger partial charge in [-0.15, -0.1) is 11.8 Å². The molecule has 9 heteroatoms. The van der Waals surface area contributed by atoms with Crippen LogP contribution >= 0.6 is 23.4 Å². The summed E-state index contributed by atoms with van der Waals surface area (Å²) in [5, 5.41) is -1.94. The van der Waals surface area contributed by atoms with Crippen molar-refractivity contribution in [3.8, 4) is 0 Å². The number of hydrogen-bond donors (Lipinski definition) is 1. The number of rotatable bonds is 4. The molecule has 0 saturated heterocycles. The first-order valence-electron chi connectivity index (χ1n) is 6.47. The Kier molecular flexibility index (Phi) is 4.82. The molecule has 3 atom stereocenters. The monoisotopic (exact) mass is 360 g/mol. The van der Waals surface area contributed by atoms with E-state index in [4.69, 9.17) is 17.3 Å². The average Bonchev–Trinajstić information content (AvgIpc) is 2.99. The molecule has 124 valence electrons. The molecule has 0 spiro atoms. The second-order valence-corrected chi connectivity index (χ2v) is 7.03. The molecule has 2 nitrogen and oxygen atoms in total. The predicted octanol–water partition coefficient (Wildman–Crippen LogP) is 4.46. The lowest BCUT2D eigenvalue weighted by atomic mass is 10.0. The van der Waals surface area contributed by atoms with Crippen molar-refractivity contribution in [2.75, 3.05) is 5.75 Å². The SMILES string of the molecule is CC1=C(SCC(F)(F)F)CC(N=C(N)C2CC2(F)Cl)C(F)=C1. The van der Waals surface area contributed by atoms with Crippen LogP contribution in [0.1, 0.15) is 19.8 Å². The fourth-order valence-electron chi connectivity index (χ4n) is 2.07. The van der Waals surface area contributed by atoms with Crippen LogP contribution in [-0.4, -0.2) is 28.9 Å². The molecule has 22 heavy (non-hydrogen) atoms. The molecule has 1 fully saturated rings. The summed E-state index contributed by atoms with van der Waals surface area (Å²) in [6.07, 6.45) is -3.19. The van der Waals surface area contributed by atoms with Gasteiger partial charge in [0.25, 0.3) is 0 Å². The third-order valence-electron chi connectivity index (χ3n) is 3.39. The average molecular weight is 361 g/mol. The summed E-state index contributed by atoms with van der Waals surface area (Å²) in [6.45, 7) is 1.54. The van der Waals surface area contributed by atoms with E-state index in [-0.39, 0.29) is 18.7 Å². The zero-order valence-corrected chi connectivity index (χ0v) is 13.1. The Labute approximate surface area is 133 Å². The minimum absolute atomic E-state index is 0.00644. The number of aliphatic imine (C=N–C) groups is 1. The number of alkyl halides is 5. The van der Waals surface area contributed by atoms with Crippen molar-refractivity contribution in [3.63, 3.8) is 0 Å².